The summed E-state index contributed by atoms with van der Waals surface area (Å²) in [5.74, 6) is -1.50. The first kappa shape index (κ1) is 18.3. The monoisotopic (exact) mass is 370 g/mol. The molecule has 128 valence electrons. The van der Waals surface area contributed by atoms with E-state index in [2.05, 4.69) is 0 Å². The Kier molecular flexibility index (Phi) is 5.82. The molecular formula is C16H15ClO6S. The van der Waals surface area contributed by atoms with E-state index in [1.807, 2.05) is 0 Å². The SMILES string of the molecule is Cc1ccc(S(=O)(=O)CCOOc2ccccc2C(=O)O)cc1Cl. The molecule has 6 nitrogen and oxygen atoms in total. The van der Waals surface area contributed by atoms with Gasteiger partial charge in [0.15, 0.2) is 15.6 Å². The van der Waals surface area contributed by atoms with Crippen LogP contribution in [0.25, 0.3) is 0 Å². The normalized spacial score (nSPS) is 11.2. The van der Waals surface area contributed by atoms with Gasteiger partial charge in [0.05, 0.1) is 10.6 Å². The van der Waals surface area contributed by atoms with E-state index in [4.69, 9.17) is 26.5 Å². The van der Waals surface area contributed by atoms with Crippen molar-refractivity contribution >= 4 is 27.4 Å². The van der Waals surface area contributed by atoms with E-state index in [1.165, 1.54) is 24.3 Å². The molecule has 0 spiro atoms. The zero-order valence-electron chi connectivity index (χ0n) is 12.7. The maximum atomic E-state index is 12.2. The molecule has 0 saturated heterocycles. The highest BCUT2D eigenvalue weighted by Gasteiger charge is 2.16. The Labute approximate surface area is 144 Å². The molecule has 0 aliphatic heterocycles. The van der Waals surface area contributed by atoms with Crippen LogP contribution < -0.4 is 4.89 Å². The third-order valence-electron chi connectivity index (χ3n) is 3.20. The van der Waals surface area contributed by atoms with Gasteiger partial charge < -0.3 is 9.99 Å². The van der Waals surface area contributed by atoms with Crippen molar-refractivity contribution in [2.24, 2.45) is 0 Å². The molecule has 2 rings (SSSR count). The van der Waals surface area contributed by atoms with Crippen LogP contribution in [0.15, 0.2) is 47.4 Å². The summed E-state index contributed by atoms with van der Waals surface area (Å²) in [6, 6.07) is 10.4. The number of carboxylic acids is 1. The average Bonchev–Trinajstić information content (AvgIpc) is 2.54. The van der Waals surface area contributed by atoms with Gasteiger partial charge in [0, 0.05) is 5.02 Å². The highest BCUT2D eigenvalue weighted by atomic mass is 35.5. The second-order valence-corrected chi connectivity index (χ2v) is 7.45. The van der Waals surface area contributed by atoms with Gasteiger partial charge in [-0.3, -0.25) is 0 Å². The number of para-hydroxylation sites is 1. The largest absolute Gasteiger partial charge is 0.478 e. The summed E-state index contributed by atoms with van der Waals surface area (Å²) in [5.41, 5.74) is 0.700. The minimum atomic E-state index is -3.59. The Bertz CT molecular complexity index is 847. The molecular weight excluding hydrogens is 356 g/mol. The Morgan fingerprint density at radius 1 is 1.21 bits per heavy atom. The van der Waals surface area contributed by atoms with Crippen molar-refractivity contribution < 1.29 is 28.1 Å². The fourth-order valence-electron chi connectivity index (χ4n) is 1.85. The molecule has 0 aliphatic rings. The van der Waals surface area contributed by atoms with Crippen molar-refractivity contribution in [1.29, 1.82) is 0 Å². The average molecular weight is 371 g/mol. The van der Waals surface area contributed by atoms with Gasteiger partial charge >= 0.3 is 5.97 Å². The first-order chi connectivity index (χ1) is 11.3. The molecule has 0 atom stereocenters. The molecule has 8 heteroatoms. The zero-order valence-corrected chi connectivity index (χ0v) is 14.3. The van der Waals surface area contributed by atoms with E-state index in [-0.39, 0.29) is 28.6 Å². The van der Waals surface area contributed by atoms with Crippen molar-refractivity contribution in [2.45, 2.75) is 11.8 Å². The van der Waals surface area contributed by atoms with Crippen molar-refractivity contribution in [3.05, 3.63) is 58.6 Å². The summed E-state index contributed by atoms with van der Waals surface area (Å²) in [7, 11) is -3.59. The predicted octanol–water partition coefficient (Wildman–Crippen LogP) is 3.13. The lowest BCUT2D eigenvalue weighted by Crippen LogP contribution is -2.14. The minimum absolute atomic E-state index is 0.000721. The third kappa shape index (κ3) is 4.47. The van der Waals surface area contributed by atoms with Crippen LogP contribution in [0.4, 0.5) is 0 Å². The molecule has 1 N–H and O–H groups in total. The number of rotatable bonds is 7. The smallest absolute Gasteiger partial charge is 0.339 e. The summed E-state index contributed by atoms with van der Waals surface area (Å²) < 4.78 is 24.4. The number of aryl methyl sites for hydroxylation is 1. The van der Waals surface area contributed by atoms with Gasteiger partial charge in [0.25, 0.3) is 0 Å². The Morgan fingerprint density at radius 2 is 1.92 bits per heavy atom. The number of sulfone groups is 1. The van der Waals surface area contributed by atoms with Crippen molar-refractivity contribution in [3.8, 4) is 5.75 Å². The Balaban J connectivity index is 1.96. The number of benzene rings is 2. The highest BCUT2D eigenvalue weighted by molar-refractivity contribution is 7.91. The lowest BCUT2D eigenvalue weighted by atomic mass is 10.2. The quantitative estimate of drug-likeness (QED) is 0.457. The lowest BCUT2D eigenvalue weighted by molar-refractivity contribution is -0.201. The number of carboxylic acid groups (broad SMARTS) is 1. The van der Waals surface area contributed by atoms with Crippen LogP contribution in [-0.2, 0) is 14.7 Å². The van der Waals surface area contributed by atoms with Crippen molar-refractivity contribution in [3.63, 3.8) is 0 Å². The fraction of sp³-hybridized carbons (Fsp3) is 0.188. The molecule has 0 saturated carbocycles. The van der Waals surface area contributed by atoms with Gasteiger partial charge in [0.1, 0.15) is 12.2 Å². The summed E-state index contributed by atoms with van der Waals surface area (Å²) >= 11 is 5.93. The maximum Gasteiger partial charge on any atom is 0.339 e. The van der Waals surface area contributed by atoms with E-state index in [0.717, 1.165) is 5.56 Å². The molecule has 0 bridgehead atoms. The lowest BCUT2D eigenvalue weighted by Gasteiger charge is -2.08. The topological polar surface area (TPSA) is 89.9 Å². The molecule has 24 heavy (non-hydrogen) atoms. The van der Waals surface area contributed by atoms with Crippen LogP contribution in [0.2, 0.25) is 5.02 Å². The molecule has 0 amide bonds. The Morgan fingerprint density at radius 3 is 2.58 bits per heavy atom. The first-order valence-corrected chi connectivity index (χ1v) is 8.95. The maximum absolute atomic E-state index is 12.2. The van der Waals surface area contributed by atoms with Gasteiger partial charge in [0.2, 0.25) is 0 Å². The Hall–Kier alpha value is -2.09. The molecule has 0 fully saturated rings. The van der Waals surface area contributed by atoms with Crippen molar-refractivity contribution in [1.82, 2.24) is 0 Å². The van der Waals surface area contributed by atoms with E-state index in [0.29, 0.717) is 5.02 Å². The summed E-state index contributed by atoms with van der Waals surface area (Å²) in [6.07, 6.45) is 0. The van der Waals surface area contributed by atoms with Gasteiger partial charge in [-0.15, -0.1) is 0 Å². The van der Waals surface area contributed by atoms with E-state index >= 15 is 0 Å². The summed E-state index contributed by atoms with van der Waals surface area (Å²) in [6.45, 7) is 1.51. The number of hydrogen-bond donors (Lipinski definition) is 1. The number of aromatic carboxylic acids is 1. The molecule has 2 aromatic carbocycles. The standard InChI is InChI=1S/C16H15ClO6S/c1-11-6-7-12(10-14(11)17)24(20,21)9-8-22-23-15-5-3-2-4-13(15)16(18)19/h2-7,10H,8-9H2,1H3,(H,18,19). The van der Waals surface area contributed by atoms with Gasteiger partial charge in [-0.05, 0) is 36.8 Å². The van der Waals surface area contributed by atoms with Crippen LogP contribution in [0.1, 0.15) is 15.9 Å². The molecule has 0 aromatic heterocycles. The second kappa shape index (κ2) is 7.65. The predicted molar refractivity (Wildman–Crippen MR) is 88.2 cm³/mol. The van der Waals surface area contributed by atoms with Crippen LogP contribution in [-0.4, -0.2) is 31.9 Å². The fourth-order valence-corrected chi connectivity index (χ4v) is 3.19. The van der Waals surface area contributed by atoms with E-state index < -0.39 is 15.8 Å². The van der Waals surface area contributed by atoms with Gasteiger partial charge in [-0.1, -0.05) is 29.8 Å². The molecule has 0 heterocycles. The number of halogens is 1. The molecule has 0 aliphatic carbocycles. The van der Waals surface area contributed by atoms with E-state index in [1.54, 1.807) is 25.1 Å². The van der Waals surface area contributed by atoms with Gasteiger partial charge in [-0.2, -0.15) is 4.89 Å². The first-order valence-electron chi connectivity index (χ1n) is 6.92. The summed E-state index contributed by atoms with van der Waals surface area (Å²) in [4.78, 5) is 20.9. The number of hydrogen-bond acceptors (Lipinski definition) is 5. The molecule has 0 radical (unpaired) electrons. The van der Waals surface area contributed by atoms with Crippen LogP contribution in [0, 0.1) is 6.92 Å². The summed E-state index contributed by atoms with van der Waals surface area (Å²) in [5, 5.41) is 9.37. The third-order valence-corrected chi connectivity index (χ3v) is 5.29. The number of carbonyl (C=O) groups is 1. The molecule has 2 aromatic rings. The highest BCUT2D eigenvalue weighted by Crippen LogP contribution is 2.21. The molecule has 0 unspecified atom stereocenters. The van der Waals surface area contributed by atoms with E-state index in [9.17, 15) is 13.2 Å². The van der Waals surface area contributed by atoms with Crippen LogP contribution >= 0.6 is 11.6 Å². The van der Waals surface area contributed by atoms with Crippen molar-refractivity contribution in [2.75, 3.05) is 12.4 Å². The minimum Gasteiger partial charge on any atom is -0.478 e. The second-order valence-electron chi connectivity index (χ2n) is 4.94. The zero-order chi connectivity index (χ0) is 17.7. The van der Waals surface area contributed by atoms with Gasteiger partial charge in [-0.25, -0.2) is 13.2 Å². The van der Waals surface area contributed by atoms with Crippen LogP contribution in [0.5, 0.6) is 5.75 Å². The van der Waals surface area contributed by atoms with Crippen LogP contribution in [0.3, 0.4) is 0 Å².